The van der Waals surface area contributed by atoms with E-state index in [0.717, 1.165) is 57.9 Å². The van der Waals surface area contributed by atoms with E-state index in [1.165, 1.54) is 14.2 Å². The topological polar surface area (TPSA) is 72.9 Å². The fourth-order valence-corrected chi connectivity index (χ4v) is 7.11. The van der Waals surface area contributed by atoms with Crippen LogP contribution in [-0.4, -0.2) is 42.5 Å². The summed E-state index contributed by atoms with van der Waals surface area (Å²) >= 11 is 8.29. The van der Waals surface area contributed by atoms with Gasteiger partial charge in [0.2, 0.25) is 5.91 Å². The number of thiocarbonyl (C=S) groups is 1. The zero-order valence-corrected chi connectivity index (χ0v) is 22.2. The van der Waals surface area contributed by atoms with Gasteiger partial charge in [-0.15, -0.1) is 0 Å². The highest BCUT2D eigenvalue weighted by molar-refractivity contribution is 8.29. The van der Waals surface area contributed by atoms with Crippen molar-refractivity contribution in [1.29, 1.82) is 0 Å². The molecule has 0 saturated carbocycles. The van der Waals surface area contributed by atoms with Crippen LogP contribution in [0.1, 0.15) is 50.3 Å². The maximum absolute atomic E-state index is 13.3. The van der Waals surface area contributed by atoms with Gasteiger partial charge in [-0.3, -0.25) is 4.79 Å². The van der Waals surface area contributed by atoms with Crippen molar-refractivity contribution in [3.63, 3.8) is 0 Å². The van der Waals surface area contributed by atoms with Crippen LogP contribution in [0.15, 0.2) is 26.2 Å². The summed E-state index contributed by atoms with van der Waals surface area (Å²) in [6, 6.07) is 4.05. The molecule has 0 saturated heterocycles. The largest absolute Gasteiger partial charge is 0.465 e. The Kier molecular flexibility index (Phi) is 7.45. The van der Waals surface area contributed by atoms with E-state index in [4.69, 9.17) is 21.7 Å². The van der Waals surface area contributed by atoms with Gasteiger partial charge in [-0.1, -0.05) is 54.3 Å². The second-order valence-electron chi connectivity index (χ2n) is 8.35. The minimum absolute atomic E-state index is 0.0115. The van der Waals surface area contributed by atoms with Crippen molar-refractivity contribution in [2.75, 3.05) is 19.1 Å². The number of ether oxygens (including phenoxy) is 2. The summed E-state index contributed by atoms with van der Waals surface area (Å²) < 4.78 is 10.5. The molecule has 1 aromatic carbocycles. The van der Waals surface area contributed by atoms with Gasteiger partial charge in [0.1, 0.15) is 9.81 Å². The van der Waals surface area contributed by atoms with Crippen molar-refractivity contribution in [2.24, 2.45) is 0 Å². The highest BCUT2D eigenvalue weighted by atomic mass is 32.2. The molecular weight excluding hydrogens is 478 g/mol. The number of thioether (sulfide) groups is 2. The fraction of sp³-hybridized carbons (Fsp3) is 0.417. The summed E-state index contributed by atoms with van der Waals surface area (Å²) in [4.78, 5) is 40.8. The van der Waals surface area contributed by atoms with Crippen molar-refractivity contribution >= 4 is 69.7 Å². The normalized spacial score (nSPS) is 17.3. The van der Waals surface area contributed by atoms with Crippen LogP contribution < -0.4 is 4.90 Å². The minimum Gasteiger partial charge on any atom is -0.465 e. The van der Waals surface area contributed by atoms with Crippen molar-refractivity contribution in [3.05, 3.63) is 42.9 Å². The molecule has 0 atom stereocenters. The first-order valence-electron chi connectivity index (χ1n) is 10.5. The van der Waals surface area contributed by atoms with E-state index in [2.05, 4.69) is 0 Å². The number of anilines is 1. The predicted octanol–water partition coefficient (Wildman–Crippen LogP) is 5.30. The molecule has 176 valence electrons. The van der Waals surface area contributed by atoms with Crippen molar-refractivity contribution in [2.45, 2.75) is 53.0 Å². The molecule has 1 aromatic rings. The van der Waals surface area contributed by atoms with Crippen molar-refractivity contribution in [3.8, 4) is 0 Å². The predicted molar refractivity (Wildman–Crippen MR) is 138 cm³/mol. The first-order chi connectivity index (χ1) is 15.5. The molecule has 0 aliphatic carbocycles. The standard InChI is InChI=1S/C24H27NO5S3/c1-8-9-15(26)25-17-13(3)10-12(2)11-14(17)16(20(31)24(25,4)5)23-32-18(21(27)29-6)19(33-23)22(28)30-7/h10-11H,8-9H2,1-7H3. The molecule has 0 spiro atoms. The number of amides is 1. The molecule has 6 nitrogen and oxygen atoms in total. The molecule has 2 aliphatic rings. The average Bonchev–Trinajstić information content (AvgIpc) is 3.19. The summed E-state index contributed by atoms with van der Waals surface area (Å²) in [6.45, 7) is 9.82. The van der Waals surface area contributed by atoms with Gasteiger partial charge in [0, 0.05) is 17.6 Å². The highest BCUT2D eigenvalue weighted by Gasteiger charge is 2.46. The lowest BCUT2D eigenvalue weighted by Crippen LogP contribution is -2.56. The number of rotatable bonds is 4. The highest BCUT2D eigenvalue weighted by Crippen LogP contribution is 2.56. The zero-order chi connectivity index (χ0) is 24.7. The molecule has 2 aliphatic heterocycles. The van der Waals surface area contributed by atoms with Crippen molar-refractivity contribution in [1.82, 2.24) is 0 Å². The number of nitrogens with zero attached hydrogens (tertiary/aromatic N) is 1. The Morgan fingerprint density at radius 1 is 1.03 bits per heavy atom. The first-order valence-corrected chi connectivity index (χ1v) is 12.5. The molecule has 0 aromatic heterocycles. The van der Waals surface area contributed by atoms with E-state index >= 15 is 0 Å². The number of esters is 2. The summed E-state index contributed by atoms with van der Waals surface area (Å²) in [5.74, 6) is -1.20. The fourth-order valence-electron chi connectivity index (χ4n) is 4.08. The Morgan fingerprint density at radius 2 is 1.58 bits per heavy atom. The number of hydrogen-bond acceptors (Lipinski definition) is 8. The van der Waals surface area contributed by atoms with Gasteiger partial charge >= 0.3 is 11.9 Å². The maximum atomic E-state index is 13.3. The van der Waals surface area contributed by atoms with Gasteiger partial charge in [-0.05, 0) is 45.7 Å². The lowest BCUT2D eigenvalue weighted by Gasteiger charge is -2.46. The molecule has 1 amide bonds. The molecule has 33 heavy (non-hydrogen) atoms. The molecule has 0 N–H and O–H groups in total. The summed E-state index contributed by atoms with van der Waals surface area (Å²) in [6.07, 6.45) is 1.14. The van der Waals surface area contributed by atoms with Crippen LogP contribution in [0.5, 0.6) is 0 Å². The SMILES string of the molecule is CCCC(=O)N1c2c(C)cc(C)cc2C(=C2SC(C(=O)OC)=C(C(=O)OC)S2)C(=S)C1(C)C. The number of benzene rings is 1. The minimum atomic E-state index is -0.780. The zero-order valence-electron chi connectivity index (χ0n) is 19.8. The average molecular weight is 506 g/mol. The van der Waals surface area contributed by atoms with Crippen molar-refractivity contribution < 1.29 is 23.9 Å². The number of aryl methyl sites for hydroxylation is 2. The third kappa shape index (κ3) is 4.38. The van der Waals surface area contributed by atoms with Gasteiger partial charge in [0.25, 0.3) is 0 Å². The third-order valence-electron chi connectivity index (χ3n) is 5.53. The van der Waals surface area contributed by atoms with Crippen LogP contribution in [-0.2, 0) is 23.9 Å². The Hall–Kier alpha value is -2.10. The second-order valence-corrected chi connectivity index (χ2v) is 11.1. The van der Waals surface area contributed by atoms with Gasteiger partial charge in [-0.25, -0.2) is 9.59 Å². The van der Waals surface area contributed by atoms with Crippen LogP contribution in [0.4, 0.5) is 5.69 Å². The molecule has 2 heterocycles. The lowest BCUT2D eigenvalue weighted by molar-refractivity contribution is -0.138. The third-order valence-corrected chi connectivity index (χ3v) is 8.80. The molecular formula is C24H27NO5S3. The summed E-state index contributed by atoms with van der Waals surface area (Å²) in [5, 5.41) is 0. The van der Waals surface area contributed by atoms with Gasteiger partial charge in [0.15, 0.2) is 0 Å². The number of carbonyl (C=O) groups is 3. The van der Waals surface area contributed by atoms with Gasteiger partial charge in [0.05, 0.1) is 34.5 Å². The van der Waals surface area contributed by atoms with Crippen LogP contribution in [0, 0.1) is 13.8 Å². The number of methoxy groups -OCH3 is 2. The Labute approximate surface area is 208 Å². The maximum Gasteiger partial charge on any atom is 0.346 e. The van der Waals surface area contributed by atoms with Crippen LogP contribution >= 0.6 is 35.7 Å². The monoisotopic (exact) mass is 505 g/mol. The van der Waals surface area contributed by atoms with E-state index in [1.807, 2.05) is 51.7 Å². The smallest absolute Gasteiger partial charge is 0.346 e. The van der Waals surface area contributed by atoms with E-state index in [1.54, 1.807) is 0 Å². The molecule has 9 heteroatoms. The van der Waals surface area contributed by atoms with Crippen LogP contribution in [0.3, 0.4) is 0 Å². The Bertz CT molecular complexity index is 1100. The van der Waals surface area contributed by atoms with Crippen LogP contribution in [0.2, 0.25) is 0 Å². The summed E-state index contributed by atoms with van der Waals surface area (Å²) in [5.41, 5.74) is 3.60. The van der Waals surface area contributed by atoms with E-state index in [-0.39, 0.29) is 15.7 Å². The van der Waals surface area contributed by atoms with E-state index < -0.39 is 17.5 Å². The molecule has 0 unspecified atom stereocenters. The first kappa shape index (κ1) is 25.5. The number of fused-ring (bicyclic) bond motifs is 1. The van der Waals surface area contributed by atoms with Crippen LogP contribution in [0.25, 0.3) is 5.57 Å². The molecule has 3 rings (SSSR count). The molecule has 0 radical (unpaired) electrons. The Balaban J connectivity index is 2.30. The lowest BCUT2D eigenvalue weighted by atomic mass is 9.81. The second kappa shape index (κ2) is 9.64. The summed E-state index contributed by atoms with van der Waals surface area (Å²) in [7, 11) is 2.54. The molecule has 0 bridgehead atoms. The van der Waals surface area contributed by atoms with E-state index in [9.17, 15) is 14.4 Å². The molecule has 0 fully saturated rings. The quantitative estimate of drug-likeness (QED) is 0.310. The Morgan fingerprint density at radius 3 is 2.06 bits per heavy atom. The van der Waals surface area contributed by atoms with E-state index in [0.29, 0.717) is 15.5 Å². The number of hydrogen-bond donors (Lipinski definition) is 0. The van der Waals surface area contributed by atoms with Gasteiger partial charge in [-0.2, -0.15) is 0 Å². The van der Waals surface area contributed by atoms with Gasteiger partial charge < -0.3 is 14.4 Å². The number of carbonyl (C=O) groups excluding carboxylic acids is 3.